The lowest BCUT2D eigenvalue weighted by molar-refractivity contribution is 0.283. The summed E-state index contributed by atoms with van der Waals surface area (Å²) >= 11 is 0. The third kappa shape index (κ3) is 5.14. The molecule has 0 aliphatic carbocycles. The molecule has 1 aromatic carbocycles. The highest BCUT2D eigenvalue weighted by atomic mass is 16.3. The summed E-state index contributed by atoms with van der Waals surface area (Å²) in [6, 6.07) is 8.22. The van der Waals surface area contributed by atoms with Gasteiger partial charge in [-0.1, -0.05) is 19.1 Å². The highest BCUT2D eigenvalue weighted by molar-refractivity contribution is 5.25. The van der Waals surface area contributed by atoms with Gasteiger partial charge in [0.15, 0.2) is 0 Å². The fraction of sp³-hybridized carbons (Fsp3) is 0.647. The number of benzene rings is 1. The van der Waals surface area contributed by atoms with E-state index in [1.165, 1.54) is 50.9 Å². The summed E-state index contributed by atoms with van der Waals surface area (Å²) in [6.07, 6.45) is 6.19. The zero-order valence-corrected chi connectivity index (χ0v) is 12.6. The van der Waals surface area contributed by atoms with Crippen molar-refractivity contribution in [2.75, 3.05) is 26.2 Å². The molecule has 1 saturated heterocycles. The van der Waals surface area contributed by atoms with Crippen molar-refractivity contribution in [3.05, 3.63) is 29.8 Å². The van der Waals surface area contributed by atoms with Gasteiger partial charge in [0, 0.05) is 6.04 Å². The van der Waals surface area contributed by atoms with Gasteiger partial charge in [0.1, 0.15) is 5.75 Å². The molecule has 1 unspecified atom stereocenters. The third-order valence-electron chi connectivity index (χ3n) is 4.14. The van der Waals surface area contributed by atoms with Gasteiger partial charge in [0.25, 0.3) is 0 Å². The largest absolute Gasteiger partial charge is 0.508 e. The van der Waals surface area contributed by atoms with Crippen LogP contribution >= 0.6 is 0 Å². The van der Waals surface area contributed by atoms with Crippen molar-refractivity contribution < 1.29 is 5.11 Å². The van der Waals surface area contributed by atoms with Gasteiger partial charge in [-0.15, -0.1) is 0 Å². The number of phenols is 1. The maximum atomic E-state index is 9.27. The zero-order chi connectivity index (χ0) is 14.2. The van der Waals surface area contributed by atoms with Gasteiger partial charge in [-0.2, -0.15) is 0 Å². The molecule has 0 aromatic heterocycles. The van der Waals surface area contributed by atoms with Crippen molar-refractivity contribution in [2.45, 2.75) is 45.1 Å². The molecule has 1 fully saturated rings. The van der Waals surface area contributed by atoms with E-state index >= 15 is 0 Å². The fourth-order valence-electron chi connectivity index (χ4n) is 2.98. The molecule has 0 saturated carbocycles. The highest BCUT2D eigenvalue weighted by Gasteiger charge is 2.15. The van der Waals surface area contributed by atoms with Crippen LogP contribution in [-0.4, -0.2) is 42.2 Å². The molecule has 3 nitrogen and oxygen atoms in total. The number of phenolic OH excluding ortho intramolecular Hbond substituents is 1. The average Bonchev–Trinajstić information content (AvgIpc) is 2.67. The maximum absolute atomic E-state index is 9.27. The van der Waals surface area contributed by atoms with E-state index in [-0.39, 0.29) is 0 Å². The topological polar surface area (TPSA) is 35.5 Å². The van der Waals surface area contributed by atoms with Crippen LogP contribution in [0, 0.1) is 0 Å². The molecular formula is C17H28N2O. The molecule has 1 aliphatic rings. The number of nitrogens with zero attached hydrogens (tertiary/aromatic N) is 1. The first-order valence-corrected chi connectivity index (χ1v) is 8.01. The predicted octanol–water partition coefficient (Wildman–Crippen LogP) is 2.79. The monoisotopic (exact) mass is 276 g/mol. The van der Waals surface area contributed by atoms with Gasteiger partial charge in [0.05, 0.1) is 0 Å². The molecule has 20 heavy (non-hydrogen) atoms. The van der Waals surface area contributed by atoms with Gasteiger partial charge >= 0.3 is 0 Å². The minimum Gasteiger partial charge on any atom is -0.508 e. The summed E-state index contributed by atoms with van der Waals surface area (Å²) in [4.78, 5) is 2.60. The molecule has 112 valence electrons. The summed E-state index contributed by atoms with van der Waals surface area (Å²) in [5, 5.41) is 13.0. The van der Waals surface area contributed by atoms with E-state index < -0.39 is 0 Å². The zero-order valence-electron chi connectivity index (χ0n) is 12.6. The SMILES string of the molecule is CCCN1CCCC(NCCc2ccc(O)cc2)CC1. The Morgan fingerprint density at radius 3 is 2.75 bits per heavy atom. The van der Waals surface area contributed by atoms with E-state index in [1.807, 2.05) is 12.1 Å². The lowest BCUT2D eigenvalue weighted by atomic mass is 10.1. The minimum atomic E-state index is 0.349. The van der Waals surface area contributed by atoms with Crippen LogP contribution in [0.4, 0.5) is 0 Å². The number of hydrogen-bond acceptors (Lipinski definition) is 3. The van der Waals surface area contributed by atoms with Crippen LogP contribution in [-0.2, 0) is 6.42 Å². The summed E-state index contributed by atoms with van der Waals surface area (Å²) in [7, 11) is 0. The Balaban J connectivity index is 1.67. The van der Waals surface area contributed by atoms with E-state index in [2.05, 4.69) is 17.1 Å². The van der Waals surface area contributed by atoms with Crippen LogP contribution in [0.1, 0.15) is 38.2 Å². The van der Waals surface area contributed by atoms with Crippen LogP contribution in [0.3, 0.4) is 0 Å². The summed E-state index contributed by atoms with van der Waals surface area (Å²) in [6.45, 7) is 7.05. The van der Waals surface area contributed by atoms with Gasteiger partial charge in [0.2, 0.25) is 0 Å². The van der Waals surface area contributed by atoms with Crippen LogP contribution in [0.15, 0.2) is 24.3 Å². The Hall–Kier alpha value is -1.06. The molecule has 3 heteroatoms. The maximum Gasteiger partial charge on any atom is 0.115 e. The van der Waals surface area contributed by atoms with E-state index in [9.17, 15) is 5.11 Å². The average molecular weight is 276 g/mol. The van der Waals surface area contributed by atoms with Crippen molar-refractivity contribution in [1.29, 1.82) is 0 Å². The van der Waals surface area contributed by atoms with Crippen LogP contribution < -0.4 is 5.32 Å². The summed E-state index contributed by atoms with van der Waals surface area (Å²) < 4.78 is 0. The Morgan fingerprint density at radius 2 is 2.00 bits per heavy atom. The standard InChI is InChI=1S/C17H28N2O/c1-2-12-19-13-3-4-16(10-14-19)18-11-9-15-5-7-17(20)8-6-15/h5-8,16,18,20H,2-4,9-14H2,1H3. The van der Waals surface area contributed by atoms with Crippen molar-refractivity contribution >= 4 is 0 Å². The second-order valence-electron chi connectivity index (χ2n) is 5.84. The second kappa shape index (κ2) is 8.28. The highest BCUT2D eigenvalue weighted by Crippen LogP contribution is 2.12. The predicted molar refractivity (Wildman–Crippen MR) is 84.2 cm³/mol. The quantitative estimate of drug-likeness (QED) is 0.838. The first-order chi connectivity index (χ1) is 9.78. The first-order valence-electron chi connectivity index (χ1n) is 8.01. The molecule has 0 spiro atoms. The van der Waals surface area contributed by atoms with E-state index in [1.54, 1.807) is 12.1 Å². The van der Waals surface area contributed by atoms with Crippen LogP contribution in [0.5, 0.6) is 5.75 Å². The number of nitrogens with one attached hydrogen (secondary N) is 1. The number of likely N-dealkylation sites (tertiary alicyclic amines) is 1. The van der Waals surface area contributed by atoms with E-state index in [4.69, 9.17) is 0 Å². The van der Waals surface area contributed by atoms with Crippen LogP contribution in [0.25, 0.3) is 0 Å². The number of hydrogen-bond donors (Lipinski definition) is 2. The van der Waals surface area contributed by atoms with Gasteiger partial charge in [-0.3, -0.25) is 0 Å². The summed E-state index contributed by atoms with van der Waals surface area (Å²) in [5.74, 6) is 0.349. The Labute approximate surface area is 123 Å². The Bertz CT molecular complexity index is 377. The molecule has 0 bridgehead atoms. The van der Waals surface area contributed by atoms with Crippen LogP contribution in [0.2, 0.25) is 0 Å². The molecule has 1 heterocycles. The van der Waals surface area contributed by atoms with E-state index in [0.717, 1.165) is 13.0 Å². The molecule has 2 N–H and O–H groups in total. The summed E-state index contributed by atoms with van der Waals surface area (Å²) in [5.41, 5.74) is 1.29. The smallest absolute Gasteiger partial charge is 0.115 e. The van der Waals surface area contributed by atoms with Crippen molar-refractivity contribution in [3.8, 4) is 5.75 Å². The Morgan fingerprint density at radius 1 is 1.20 bits per heavy atom. The Kier molecular flexibility index (Phi) is 6.34. The minimum absolute atomic E-state index is 0.349. The molecular weight excluding hydrogens is 248 g/mol. The normalized spacial score (nSPS) is 20.8. The van der Waals surface area contributed by atoms with Gasteiger partial charge < -0.3 is 15.3 Å². The van der Waals surface area contributed by atoms with E-state index in [0.29, 0.717) is 11.8 Å². The molecule has 1 aliphatic heterocycles. The van der Waals surface area contributed by atoms with Crippen molar-refractivity contribution in [2.24, 2.45) is 0 Å². The van der Waals surface area contributed by atoms with Crippen molar-refractivity contribution in [3.63, 3.8) is 0 Å². The lowest BCUT2D eigenvalue weighted by Crippen LogP contribution is -2.32. The fourth-order valence-corrected chi connectivity index (χ4v) is 2.98. The molecule has 0 amide bonds. The van der Waals surface area contributed by atoms with Gasteiger partial charge in [-0.25, -0.2) is 0 Å². The molecule has 2 rings (SSSR count). The lowest BCUT2D eigenvalue weighted by Gasteiger charge is -2.19. The first kappa shape index (κ1) is 15.3. The number of rotatable bonds is 6. The molecule has 1 atom stereocenters. The molecule has 0 radical (unpaired) electrons. The third-order valence-corrected chi connectivity index (χ3v) is 4.14. The number of aromatic hydroxyl groups is 1. The van der Waals surface area contributed by atoms with Gasteiger partial charge in [-0.05, 0) is 76.0 Å². The second-order valence-corrected chi connectivity index (χ2v) is 5.84. The van der Waals surface area contributed by atoms with Crippen molar-refractivity contribution in [1.82, 2.24) is 10.2 Å². The molecule has 1 aromatic rings.